The summed E-state index contributed by atoms with van der Waals surface area (Å²) in [6.07, 6.45) is 7.92. The molecule has 1 radical (unpaired) electrons. The van der Waals surface area contributed by atoms with Crippen LogP contribution in [0.5, 0.6) is 0 Å². The molecule has 13 heteroatoms. The molecule has 4 heterocycles. The van der Waals surface area contributed by atoms with Gasteiger partial charge in [0.25, 0.3) is 0 Å². The number of pyridine rings is 2. The largest absolute Gasteiger partial charge is 2.00 e. The van der Waals surface area contributed by atoms with Crippen LogP contribution in [0.3, 0.4) is 0 Å². The van der Waals surface area contributed by atoms with Crippen molar-refractivity contribution in [2.75, 3.05) is 11.5 Å². The Kier molecular flexibility index (Phi) is 19.4. The summed E-state index contributed by atoms with van der Waals surface area (Å²) in [5.41, 5.74) is 12.2. The van der Waals surface area contributed by atoms with E-state index in [9.17, 15) is 19.2 Å². The molecular weight excluding hydrogens is 460 g/mol. The number of carbonyl (C=O) groups is 4. The summed E-state index contributed by atoms with van der Waals surface area (Å²) in [5, 5.41) is 6.22. The van der Waals surface area contributed by atoms with Crippen molar-refractivity contribution in [2.24, 2.45) is 0 Å². The second kappa shape index (κ2) is 18.6. The van der Waals surface area contributed by atoms with E-state index in [1.54, 1.807) is 49.1 Å². The molecule has 0 saturated carbocycles. The zero-order valence-corrected chi connectivity index (χ0v) is 17.3. The fraction of sp³-hybridized carbons (Fsp3) is 0.222. The number of rotatable bonds is 0. The molecule has 2 aliphatic heterocycles. The normalized spacial score (nSPS) is 12.9. The van der Waals surface area contributed by atoms with E-state index in [1.165, 1.54) is 0 Å². The Hall–Kier alpha value is -3.38. The Morgan fingerprint density at radius 1 is 0.581 bits per heavy atom. The molecule has 2 saturated heterocycles. The number of aromatic nitrogens is 2. The molecule has 4 rings (SSSR count). The van der Waals surface area contributed by atoms with E-state index in [1.807, 2.05) is 0 Å². The number of hydrogen-bond donors (Lipinski definition) is 2. The Balaban J connectivity index is -0.000000327. The van der Waals surface area contributed by atoms with Gasteiger partial charge in [-0.15, -0.1) is 0 Å². The minimum absolute atomic E-state index is 0. The average molecular weight is 484 g/mol. The van der Waals surface area contributed by atoms with Crippen LogP contribution in [0, 0.1) is 0 Å². The van der Waals surface area contributed by atoms with E-state index >= 15 is 0 Å². The van der Waals surface area contributed by atoms with Crippen LogP contribution in [0.15, 0.2) is 49.1 Å². The van der Waals surface area contributed by atoms with Gasteiger partial charge >= 0.3 is 17.1 Å². The van der Waals surface area contributed by atoms with E-state index in [4.69, 9.17) is 11.5 Å². The molecule has 0 unspecified atom stereocenters. The van der Waals surface area contributed by atoms with E-state index < -0.39 is 0 Å². The van der Waals surface area contributed by atoms with Gasteiger partial charge in [-0.1, -0.05) is 0 Å². The maximum atomic E-state index is 10.1. The second-order valence-electron chi connectivity index (χ2n) is 5.36. The molecule has 2 aromatic heterocycles. The number of anilines is 2. The average Bonchev–Trinajstić information content (AvgIpc) is 3.24. The minimum atomic E-state index is -0.273. The van der Waals surface area contributed by atoms with Crippen molar-refractivity contribution in [3.05, 3.63) is 59.7 Å². The molecule has 2 fully saturated rings. The quantitative estimate of drug-likeness (QED) is 0.383. The first-order chi connectivity index (χ1) is 13.4. The van der Waals surface area contributed by atoms with Gasteiger partial charge in [-0.3, -0.25) is 9.97 Å². The summed E-state index contributed by atoms with van der Waals surface area (Å²) in [7, 11) is 0. The smallest absolute Gasteiger partial charge is 0.596 e. The number of carbonyl (C=O) groups excluding carboxylic acids is 4. The molecule has 0 atom stereocenters. The van der Waals surface area contributed by atoms with Crippen LogP contribution < -0.4 is 11.5 Å². The summed E-state index contributed by atoms with van der Waals surface area (Å²) >= 11 is 0. The first-order valence-corrected chi connectivity index (χ1v) is 8.22. The van der Waals surface area contributed by atoms with Gasteiger partial charge in [0.05, 0.1) is 23.6 Å². The number of nitrogens with zero attached hydrogens (tertiary/aromatic N) is 4. The summed E-state index contributed by atoms with van der Waals surface area (Å²) in [4.78, 5) is 47.8. The van der Waals surface area contributed by atoms with Crippen LogP contribution in [0.25, 0.3) is 10.6 Å². The van der Waals surface area contributed by atoms with Crippen LogP contribution >= 0.6 is 0 Å². The standard InChI is InChI=1S/2C5H6N2.2C4H5NO2.Cu.2H2O/c2*6-5-1-3-7-4-2-5;2*6-3-1-2-4(7)5-3;;;/h2*1-4H,(H2,6,7);2*1-2H2,(H,5,6,7);;2*1H2/q;;;;+2;;/p-2. The molecule has 4 amide bonds. The van der Waals surface area contributed by atoms with Crippen LogP contribution in [0.4, 0.5) is 11.4 Å². The molecular formula is C18H24CuN6O6. The van der Waals surface area contributed by atoms with Gasteiger partial charge in [-0.05, 0) is 49.9 Å². The number of amides is 4. The zero-order chi connectivity index (χ0) is 20.8. The zero-order valence-electron chi connectivity index (χ0n) is 16.3. The fourth-order valence-corrected chi connectivity index (χ4v) is 1.66. The van der Waals surface area contributed by atoms with E-state index in [0.717, 1.165) is 11.4 Å². The van der Waals surface area contributed by atoms with Gasteiger partial charge in [0.2, 0.25) is 0 Å². The molecule has 8 N–H and O–H groups in total. The molecule has 0 bridgehead atoms. The van der Waals surface area contributed by atoms with Gasteiger partial charge in [0.1, 0.15) is 0 Å². The fourth-order valence-electron chi connectivity index (χ4n) is 1.66. The molecule has 0 aliphatic carbocycles. The third kappa shape index (κ3) is 17.2. The maximum absolute atomic E-state index is 10.1. The summed E-state index contributed by atoms with van der Waals surface area (Å²) < 4.78 is 0. The van der Waals surface area contributed by atoms with Crippen molar-refractivity contribution in [1.29, 1.82) is 0 Å². The molecule has 2 aromatic rings. The summed E-state index contributed by atoms with van der Waals surface area (Å²) in [6, 6.07) is 7.00. The molecule has 0 spiro atoms. The van der Waals surface area contributed by atoms with Gasteiger partial charge in [0, 0.05) is 36.2 Å². The number of nitrogen functional groups attached to an aromatic ring is 2. The van der Waals surface area contributed by atoms with Crippen molar-refractivity contribution >= 4 is 35.0 Å². The first kappa shape index (κ1) is 32.3. The number of imide groups is 2. The van der Waals surface area contributed by atoms with Gasteiger partial charge in [-0.25, -0.2) is 0 Å². The predicted molar refractivity (Wildman–Crippen MR) is 110 cm³/mol. The Labute approximate surface area is 189 Å². The van der Waals surface area contributed by atoms with Crippen LogP contribution in [-0.2, 0) is 36.2 Å². The van der Waals surface area contributed by atoms with Crippen molar-refractivity contribution in [1.82, 2.24) is 9.97 Å². The SMILES string of the molecule is Nc1ccncc1.Nc1ccncc1.O.O.O=C1CCC(=O)[N-]1.O=C1CCC(=O)[N-]1.[Cu+2]. The molecule has 12 nitrogen and oxygen atoms in total. The van der Waals surface area contributed by atoms with Gasteiger partial charge in [0.15, 0.2) is 0 Å². The van der Waals surface area contributed by atoms with E-state index in [2.05, 4.69) is 20.6 Å². The number of nitrogens with two attached hydrogens (primary N) is 2. The van der Waals surface area contributed by atoms with Crippen molar-refractivity contribution in [2.45, 2.75) is 25.7 Å². The maximum Gasteiger partial charge on any atom is 2.00 e. The van der Waals surface area contributed by atoms with Crippen molar-refractivity contribution < 1.29 is 47.2 Å². The first-order valence-electron chi connectivity index (χ1n) is 8.22. The predicted octanol–water partition coefficient (Wildman–Crippen LogP) is 0.0899. The third-order valence-corrected chi connectivity index (χ3v) is 3.02. The monoisotopic (exact) mass is 483 g/mol. The molecule has 173 valence electrons. The summed E-state index contributed by atoms with van der Waals surface area (Å²) in [5.74, 6) is -1.09. The van der Waals surface area contributed by atoms with Crippen molar-refractivity contribution in [3.63, 3.8) is 0 Å². The second-order valence-corrected chi connectivity index (χ2v) is 5.36. The third-order valence-electron chi connectivity index (χ3n) is 3.02. The van der Waals surface area contributed by atoms with Crippen LogP contribution in [0.2, 0.25) is 0 Å². The van der Waals surface area contributed by atoms with Crippen LogP contribution in [-0.4, -0.2) is 44.5 Å². The summed E-state index contributed by atoms with van der Waals surface area (Å²) in [6.45, 7) is 0. The minimum Gasteiger partial charge on any atom is -0.596 e. The van der Waals surface area contributed by atoms with Gasteiger partial charge in [-0.2, -0.15) is 0 Å². The Morgan fingerprint density at radius 3 is 0.903 bits per heavy atom. The molecule has 2 aliphatic rings. The van der Waals surface area contributed by atoms with E-state index in [0.29, 0.717) is 25.7 Å². The van der Waals surface area contributed by atoms with Crippen molar-refractivity contribution in [3.8, 4) is 0 Å². The van der Waals surface area contributed by atoms with Crippen LogP contribution in [0.1, 0.15) is 25.7 Å². The van der Waals surface area contributed by atoms with Gasteiger partial charge < -0.3 is 52.2 Å². The molecule has 31 heavy (non-hydrogen) atoms. The Bertz CT molecular complexity index is 699. The topological polar surface area (TPSA) is 237 Å². The number of hydrogen-bond acceptors (Lipinski definition) is 8. The molecule has 0 aromatic carbocycles. The van der Waals surface area contributed by atoms with E-state index in [-0.39, 0.29) is 51.6 Å². The Morgan fingerprint density at radius 2 is 0.806 bits per heavy atom.